The van der Waals surface area contributed by atoms with E-state index in [9.17, 15) is 9.50 Å². The van der Waals surface area contributed by atoms with Gasteiger partial charge in [0.05, 0.1) is 0 Å². The zero-order valence-electron chi connectivity index (χ0n) is 11.2. The Morgan fingerprint density at radius 3 is 2.56 bits per heavy atom. The zero-order valence-corrected chi connectivity index (χ0v) is 11.2. The lowest BCUT2D eigenvalue weighted by atomic mass is 9.92. The first-order chi connectivity index (χ1) is 8.63. The van der Waals surface area contributed by atoms with E-state index >= 15 is 0 Å². The summed E-state index contributed by atoms with van der Waals surface area (Å²) in [7, 11) is 0. The van der Waals surface area contributed by atoms with Gasteiger partial charge in [0.25, 0.3) is 0 Å². The number of nitrogens with zero attached hydrogens (tertiary/aromatic N) is 1. The van der Waals surface area contributed by atoms with Gasteiger partial charge >= 0.3 is 0 Å². The van der Waals surface area contributed by atoms with Crippen LogP contribution in [0.4, 0.5) is 4.39 Å². The molecule has 1 N–H and O–H groups in total. The van der Waals surface area contributed by atoms with E-state index in [4.69, 9.17) is 0 Å². The zero-order chi connectivity index (χ0) is 13.1. The third-order valence-corrected chi connectivity index (χ3v) is 3.84. The molecule has 100 valence electrons. The molecule has 1 aliphatic heterocycles. The van der Waals surface area contributed by atoms with Gasteiger partial charge in [-0.25, -0.2) is 4.39 Å². The van der Waals surface area contributed by atoms with Crippen LogP contribution in [0, 0.1) is 18.7 Å². The molecule has 0 aliphatic carbocycles. The number of aliphatic hydroxyl groups is 1. The number of hydrogen-bond acceptors (Lipinski definition) is 2. The van der Waals surface area contributed by atoms with Crippen molar-refractivity contribution in [3.8, 4) is 0 Å². The summed E-state index contributed by atoms with van der Waals surface area (Å²) in [6.07, 6.45) is 2.34. The molecular weight excluding hydrogens is 229 g/mol. The Morgan fingerprint density at radius 1 is 1.33 bits per heavy atom. The van der Waals surface area contributed by atoms with E-state index in [-0.39, 0.29) is 24.4 Å². The summed E-state index contributed by atoms with van der Waals surface area (Å²) in [5, 5.41) is 9.42. The van der Waals surface area contributed by atoms with E-state index in [0.717, 1.165) is 24.2 Å². The summed E-state index contributed by atoms with van der Waals surface area (Å²) in [6, 6.07) is 5.41. The van der Waals surface area contributed by atoms with Crippen molar-refractivity contribution in [1.29, 1.82) is 0 Å². The number of hydrogen-bond donors (Lipinski definition) is 1. The normalized spacial score (nSPS) is 20.0. The standard InChI is InChI=1S/C15H22FNO/c1-11-5-6-13(14(16)9-11)15(12(2)10-18)17-7-3-4-8-17/h5-6,9,12,15,18H,3-4,7-8,10H2,1-2H3. The summed E-state index contributed by atoms with van der Waals surface area (Å²) in [5.41, 5.74) is 1.66. The summed E-state index contributed by atoms with van der Waals surface area (Å²) < 4.78 is 14.1. The Kier molecular flexibility index (Phi) is 4.36. The minimum Gasteiger partial charge on any atom is -0.396 e. The molecule has 2 atom stereocenters. The van der Waals surface area contributed by atoms with Crippen molar-refractivity contribution in [2.45, 2.75) is 32.7 Å². The van der Waals surface area contributed by atoms with Crippen LogP contribution in [0.25, 0.3) is 0 Å². The summed E-state index contributed by atoms with van der Waals surface area (Å²) >= 11 is 0. The lowest BCUT2D eigenvalue weighted by Gasteiger charge is -2.32. The highest BCUT2D eigenvalue weighted by atomic mass is 19.1. The Balaban J connectivity index is 2.32. The third-order valence-electron chi connectivity index (χ3n) is 3.84. The van der Waals surface area contributed by atoms with Gasteiger partial charge < -0.3 is 5.11 Å². The SMILES string of the molecule is Cc1ccc(C(C(C)CO)N2CCCC2)c(F)c1. The Morgan fingerprint density at radius 2 is 2.00 bits per heavy atom. The van der Waals surface area contributed by atoms with Gasteiger partial charge in [-0.1, -0.05) is 19.1 Å². The van der Waals surface area contributed by atoms with Crippen LogP contribution in [-0.4, -0.2) is 29.7 Å². The first-order valence-corrected chi connectivity index (χ1v) is 6.74. The maximum Gasteiger partial charge on any atom is 0.128 e. The molecule has 1 aromatic rings. The monoisotopic (exact) mass is 251 g/mol. The van der Waals surface area contributed by atoms with Crippen molar-refractivity contribution in [3.63, 3.8) is 0 Å². The molecule has 2 rings (SSSR count). The van der Waals surface area contributed by atoms with Crippen LogP contribution >= 0.6 is 0 Å². The molecule has 0 radical (unpaired) electrons. The van der Waals surface area contributed by atoms with Crippen molar-refractivity contribution in [1.82, 2.24) is 4.90 Å². The first kappa shape index (κ1) is 13.5. The second-order valence-corrected chi connectivity index (χ2v) is 5.37. The van der Waals surface area contributed by atoms with Crippen LogP contribution in [0.3, 0.4) is 0 Å². The van der Waals surface area contributed by atoms with Gasteiger partial charge in [0.2, 0.25) is 0 Å². The van der Waals surface area contributed by atoms with E-state index in [0.29, 0.717) is 0 Å². The fraction of sp³-hybridized carbons (Fsp3) is 0.600. The number of aliphatic hydroxyl groups excluding tert-OH is 1. The number of halogens is 1. The molecule has 1 heterocycles. The lowest BCUT2D eigenvalue weighted by molar-refractivity contribution is 0.123. The van der Waals surface area contributed by atoms with Crippen molar-refractivity contribution < 1.29 is 9.50 Å². The molecule has 2 unspecified atom stereocenters. The second kappa shape index (κ2) is 5.81. The largest absolute Gasteiger partial charge is 0.396 e. The number of likely N-dealkylation sites (tertiary alicyclic amines) is 1. The molecule has 1 aliphatic rings. The fourth-order valence-corrected chi connectivity index (χ4v) is 2.85. The first-order valence-electron chi connectivity index (χ1n) is 6.74. The number of rotatable bonds is 4. The molecule has 0 bridgehead atoms. The predicted octanol–water partition coefficient (Wildman–Crippen LogP) is 2.90. The smallest absolute Gasteiger partial charge is 0.128 e. The fourth-order valence-electron chi connectivity index (χ4n) is 2.85. The third kappa shape index (κ3) is 2.73. The van der Waals surface area contributed by atoms with E-state index in [2.05, 4.69) is 4.90 Å². The summed E-state index contributed by atoms with van der Waals surface area (Å²) in [6.45, 7) is 5.98. The minimum atomic E-state index is -0.146. The Hall–Kier alpha value is -0.930. The Bertz CT molecular complexity index is 401. The molecule has 18 heavy (non-hydrogen) atoms. The average molecular weight is 251 g/mol. The van der Waals surface area contributed by atoms with Gasteiger partial charge in [0.1, 0.15) is 5.82 Å². The van der Waals surface area contributed by atoms with Crippen LogP contribution in [0.1, 0.15) is 36.9 Å². The van der Waals surface area contributed by atoms with Gasteiger partial charge in [0.15, 0.2) is 0 Å². The van der Waals surface area contributed by atoms with Crippen molar-refractivity contribution in [2.24, 2.45) is 5.92 Å². The van der Waals surface area contributed by atoms with E-state index in [1.807, 2.05) is 26.0 Å². The molecule has 3 heteroatoms. The van der Waals surface area contributed by atoms with Crippen LogP contribution in [0.5, 0.6) is 0 Å². The molecule has 2 nitrogen and oxygen atoms in total. The number of aryl methyl sites for hydroxylation is 1. The van der Waals surface area contributed by atoms with Gasteiger partial charge in [-0.3, -0.25) is 4.90 Å². The van der Waals surface area contributed by atoms with E-state index < -0.39 is 0 Å². The maximum absolute atomic E-state index is 14.1. The highest BCUT2D eigenvalue weighted by Gasteiger charge is 2.29. The van der Waals surface area contributed by atoms with Gasteiger partial charge in [-0.05, 0) is 50.4 Å². The highest BCUT2D eigenvalue weighted by molar-refractivity contribution is 5.27. The Labute approximate surface area is 108 Å². The molecule has 1 saturated heterocycles. The molecule has 1 aromatic carbocycles. The minimum absolute atomic E-state index is 0.00176. The van der Waals surface area contributed by atoms with Crippen molar-refractivity contribution in [2.75, 3.05) is 19.7 Å². The highest BCUT2D eigenvalue weighted by Crippen LogP contribution is 2.33. The van der Waals surface area contributed by atoms with Gasteiger partial charge in [-0.2, -0.15) is 0 Å². The van der Waals surface area contributed by atoms with Crippen molar-refractivity contribution in [3.05, 3.63) is 35.1 Å². The molecule has 1 fully saturated rings. The van der Waals surface area contributed by atoms with Gasteiger partial charge in [-0.15, -0.1) is 0 Å². The van der Waals surface area contributed by atoms with Crippen LogP contribution in [-0.2, 0) is 0 Å². The summed E-state index contributed by atoms with van der Waals surface area (Å²) in [5.74, 6) is -0.0903. The number of benzene rings is 1. The van der Waals surface area contributed by atoms with Crippen molar-refractivity contribution >= 4 is 0 Å². The topological polar surface area (TPSA) is 23.5 Å². The molecule has 0 spiro atoms. The predicted molar refractivity (Wildman–Crippen MR) is 70.9 cm³/mol. The molecular formula is C15H22FNO. The average Bonchev–Trinajstić information content (AvgIpc) is 2.85. The van der Waals surface area contributed by atoms with E-state index in [1.54, 1.807) is 6.07 Å². The summed E-state index contributed by atoms with van der Waals surface area (Å²) in [4.78, 5) is 2.30. The molecule has 0 saturated carbocycles. The lowest BCUT2D eigenvalue weighted by Crippen LogP contribution is -2.32. The van der Waals surface area contributed by atoms with E-state index in [1.165, 1.54) is 12.8 Å². The van der Waals surface area contributed by atoms with Gasteiger partial charge in [0, 0.05) is 18.2 Å². The maximum atomic E-state index is 14.1. The van der Waals surface area contributed by atoms with Crippen LogP contribution in [0.2, 0.25) is 0 Å². The molecule has 0 aromatic heterocycles. The molecule has 0 amide bonds. The van der Waals surface area contributed by atoms with Crippen LogP contribution in [0.15, 0.2) is 18.2 Å². The second-order valence-electron chi connectivity index (χ2n) is 5.37. The quantitative estimate of drug-likeness (QED) is 0.889. The van der Waals surface area contributed by atoms with Crippen LogP contribution < -0.4 is 0 Å².